The fourth-order valence-electron chi connectivity index (χ4n) is 2.04. The van der Waals surface area contributed by atoms with E-state index in [1.54, 1.807) is 0 Å². The molecule has 0 N–H and O–H groups in total. The normalized spacial score (nSPS) is 11.8. The minimum Gasteiger partial charge on any atom is -0.489 e. The minimum atomic E-state index is 0.484. The van der Waals surface area contributed by atoms with Crippen molar-refractivity contribution in [1.29, 1.82) is 0 Å². The van der Waals surface area contributed by atoms with Crippen LogP contribution in [0, 0.1) is 0 Å². The molecule has 0 heterocycles. The number of rotatable bonds is 6. The summed E-state index contributed by atoms with van der Waals surface area (Å²) < 4.78 is 5.84. The molecule has 19 heavy (non-hydrogen) atoms. The van der Waals surface area contributed by atoms with E-state index in [1.807, 2.05) is 30.3 Å². The van der Waals surface area contributed by atoms with E-state index in [1.165, 1.54) is 11.1 Å². The molecule has 0 aliphatic heterocycles. The highest BCUT2D eigenvalue weighted by Gasteiger charge is 2.04. The zero-order valence-corrected chi connectivity index (χ0v) is 11.4. The van der Waals surface area contributed by atoms with Gasteiger partial charge in [-0.1, -0.05) is 55.5 Å². The molecule has 1 nitrogen and oxygen atoms in total. The van der Waals surface area contributed by atoms with Gasteiger partial charge in [-0.05, 0) is 35.6 Å². The van der Waals surface area contributed by atoms with Crippen molar-refractivity contribution in [2.24, 2.45) is 0 Å². The van der Waals surface area contributed by atoms with E-state index in [0.717, 1.165) is 12.2 Å². The number of benzene rings is 2. The molecule has 0 saturated carbocycles. The highest BCUT2D eigenvalue weighted by atomic mass is 16.5. The Kier molecular flexibility index (Phi) is 4.79. The first-order valence-electron chi connectivity index (χ1n) is 6.67. The van der Waals surface area contributed by atoms with Gasteiger partial charge in [-0.3, -0.25) is 0 Å². The molecule has 0 amide bonds. The number of allylic oxidation sites excluding steroid dienone is 1. The van der Waals surface area contributed by atoms with Gasteiger partial charge in [0.1, 0.15) is 12.4 Å². The lowest BCUT2D eigenvalue weighted by atomic mass is 9.98. The Morgan fingerprint density at radius 1 is 1.11 bits per heavy atom. The lowest BCUT2D eigenvalue weighted by Gasteiger charge is -2.12. The van der Waals surface area contributed by atoms with Crippen molar-refractivity contribution >= 4 is 0 Å². The first kappa shape index (κ1) is 13.4. The fourth-order valence-corrected chi connectivity index (χ4v) is 2.04. The molecule has 0 aliphatic carbocycles. The maximum Gasteiger partial charge on any atom is 0.120 e. The molecule has 0 saturated heterocycles. The fraction of sp³-hybridized carbons (Fsp3) is 0.222. The Balaban J connectivity index is 2.01. The smallest absolute Gasteiger partial charge is 0.120 e. The maximum atomic E-state index is 5.84. The van der Waals surface area contributed by atoms with Crippen molar-refractivity contribution in [2.45, 2.75) is 25.9 Å². The van der Waals surface area contributed by atoms with Crippen LogP contribution >= 0.6 is 0 Å². The average molecular weight is 252 g/mol. The van der Waals surface area contributed by atoms with Gasteiger partial charge in [-0.2, -0.15) is 0 Å². The molecule has 98 valence electrons. The van der Waals surface area contributed by atoms with Crippen molar-refractivity contribution in [3.05, 3.63) is 78.4 Å². The molecule has 2 aromatic rings. The standard InChI is InChI=1S/C18H20O/c1-3-8-15(2)17-11-7-12-18(13-17)19-14-16-9-5-4-6-10-16/h3-7,9-13,15H,1,8,14H2,2H3/t15-/m1/s1. The van der Waals surface area contributed by atoms with Crippen LogP contribution in [-0.4, -0.2) is 0 Å². The zero-order valence-electron chi connectivity index (χ0n) is 11.4. The SMILES string of the molecule is C=CC[C@@H](C)c1cccc(OCc2ccccc2)c1. The Bertz CT molecular complexity index is 516. The summed E-state index contributed by atoms with van der Waals surface area (Å²) in [6, 6.07) is 18.5. The molecule has 2 rings (SSSR count). The Morgan fingerprint density at radius 2 is 1.89 bits per heavy atom. The van der Waals surface area contributed by atoms with Crippen LogP contribution in [0.15, 0.2) is 67.3 Å². The second kappa shape index (κ2) is 6.79. The summed E-state index contributed by atoms with van der Waals surface area (Å²) in [5.41, 5.74) is 2.48. The number of hydrogen-bond acceptors (Lipinski definition) is 1. The highest BCUT2D eigenvalue weighted by Crippen LogP contribution is 2.23. The van der Waals surface area contributed by atoms with Crippen molar-refractivity contribution in [2.75, 3.05) is 0 Å². The van der Waals surface area contributed by atoms with Gasteiger partial charge < -0.3 is 4.74 Å². The first-order chi connectivity index (χ1) is 9.29. The zero-order chi connectivity index (χ0) is 13.5. The van der Waals surface area contributed by atoms with E-state index in [0.29, 0.717) is 12.5 Å². The van der Waals surface area contributed by atoms with E-state index in [-0.39, 0.29) is 0 Å². The highest BCUT2D eigenvalue weighted by molar-refractivity contribution is 5.31. The van der Waals surface area contributed by atoms with Gasteiger partial charge in [-0.25, -0.2) is 0 Å². The Morgan fingerprint density at radius 3 is 2.63 bits per heavy atom. The van der Waals surface area contributed by atoms with Crippen LogP contribution < -0.4 is 4.74 Å². The molecule has 0 aromatic heterocycles. The molecule has 1 atom stereocenters. The summed E-state index contributed by atoms with van der Waals surface area (Å²) in [7, 11) is 0. The van der Waals surface area contributed by atoms with Gasteiger partial charge in [0.05, 0.1) is 0 Å². The van der Waals surface area contributed by atoms with Crippen molar-refractivity contribution in [3.8, 4) is 5.75 Å². The largest absolute Gasteiger partial charge is 0.489 e. The molecule has 1 heteroatoms. The molecule has 2 aromatic carbocycles. The monoisotopic (exact) mass is 252 g/mol. The van der Waals surface area contributed by atoms with Crippen LogP contribution in [0.3, 0.4) is 0 Å². The van der Waals surface area contributed by atoms with Crippen molar-refractivity contribution in [3.63, 3.8) is 0 Å². The van der Waals surface area contributed by atoms with E-state index in [4.69, 9.17) is 4.74 Å². The number of ether oxygens (including phenoxy) is 1. The average Bonchev–Trinajstić information content (AvgIpc) is 2.47. The molecule has 0 unspecified atom stereocenters. The third-order valence-corrected chi connectivity index (χ3v) is 3.20. The second-order valence-electron chi connectivity index (χ2n) is 4.77. The van der Waals surface area contributed by atoms with E-state index < -0.39 is 0 Å². The van der Waals surface area contributed by atoms with Crippen LogP contribution in [0.2, 0.25) is 0 Å². The van der Waals surface area contributed by atoms with Gasteiger partial charge in [0.15, 0.2) is 0 Å². The lowest BCUT2D eigenvalue weighted by Crippen LogP contribution is -1.97. The van der Waals surface area contributed by atoms with E-state index in [2.05, 4.69) is 43.8 Å². The van der Waals surface area contributed by atoms with Crippen LogP contribution in [0.1, 0.15) is 30.4 Å². The summed E-state index contributed by atoms with van der Waals surface area (Å²) in [5, 5.41) is 0. The molecule has 0 spiro atoms. The first-order valence-corrected chi connectivity index (χ1v) is 6.67. The summed E-state index contributed by atoms with van der Waals surface area (Å²) in [6.45, 7) is 6.61. The predicted octanol–water partition coefficient (Wildman–Crippen LogP) is 4.95. The Labute approximate surface area is 115 Å². The molecule has 0 bridgehead atoms. The van der Waals surface area contributed by atoms with Gasteiger partial charge in [-0.15, -0.1) is 6.58 Å². The minimum absolute atomic E-state index is 0.484. The van der Waals surface area contributed by atoms with Crippen LogP contribution in [0.5, 0.6) is 5.75 Å². The van der Waals surface area contributed by atoms with Crippen LogP contribution in [-0.2, 0) is 6.61 Å². The van der Waals surface area contributed by atoms with E-state index >= 15 is 0 Å². The molecular formula is C18H20O. The summed E-state index contributed by atoms with van der Waals surface area (Å²) in [4.78, 5) is 0. The van der Waals surface area contributed by atoms with Gasteiger partial charge in [0.2, 0.25) is 0 Å². The van der Waals surface area contributed by atoms with Gasteiger partial charge >= 0.3 is 0 Å². The Hall–Kier alpha value is -2.02. The molecular weight excluding hydrogens is 232 g/mol. The topological polar surface area (TPSA) is 9.23 Å². The molecule has 0 fully saturated rings. The predicted molar refractivity (Wildman–Crippen MR) is 80.4 cm³/mol. The van der Waals surface area contributed by atoms with Crippen molar-refractivity contribution in [1.82, 2.24) is 0 Å². The second-order valence-corrected chi connectivity index (χ2v) is 4.77. The molecule has 0 aliphatic rings. The van der Waals surface area contributed by atoms with E-state index in [9.17, 15) is 0 Å². The lowest BCUT2D eigenvalue weighted by molar-refractivity contribution is 0.306. The summed E-state index contributed by atoms with van der Waals surface area (Å²) in [5.74, 6) is 1.41. The summed E-state index contributed by atoms with van der Waals surface area (Å²) in [6.07, 6.45) is 2.95. The number of hydrogen-bond donors (Lipinski definition) is 0. The summed E-state index contributed by atoms with van der Waals surface area (Å²) >= 11 is 0. The van der Waals surface area contributed by atoms with Crippen LogP contribution in [0.25, 0.3) is 0 Å². The third kappa shape index (κ3) is 3.99. The van der Waals surface area contributed by atoms with Crippen molar-refractivity contribution < 1.29 is 4.74 Å². The molecule has 0 radical (unpaired) electrons. The van der Waals surface area contributed by atoms with Crippen LogP contribution in [0.4, 0.5) is 0 Å². The quantitative estimate of drug-likeness (QED) is 0.661. The van der Waals surface area contributed by atoms with Gasteiger partial charge in [0, 0.05) is 0 Å². The third-order valence-electron chi connectivity index (χ3n) is 3.20. The van der Waals surface area contributed by atoms with Gasteiger partial charge in [0.25, 0.3) is 0 Å². The maximum absolute atomic E-state index is 5.84.